The molecule has 1 aliphatic heterocycles. The molecule has 11 atom stereocenters. The lowest BCUT2D eigenvalue weighted by molar-refractivity contribution is -0.143. The number of carbonyl (C=O) groups excluding carboxylic acids is 14. The molecule has 642 valence electrons. The monoisotopic (exact) mass is 1680 g/mol. The van der Waals surface area contributed by atoms with Gasteiger partial charge in [0, 0.05) is 113 Å². The minimum Gasteiger partial charge on any atom is -0.394 e. The van der Waals surface area contributed by atoms with Crippen molar-refractivity contribution in [2.75, 3.05) is 51.3 Å². The number of primary amides is 1. The third-order valence-electron chi connectivity index (χ3n) is 19.3. The highest BCUT2D eigenvalue weighted by Gasteiger charge is 2.39. The van der Waals surface area contributed by atoms with Gasteiger partial charge in [0.25, 0.3) is 0 Å². The number of aromatic nitrogens is 7. The van der Waals surface area contributed by atoms with Crippen molar-refractivity contribution in [1.29, 1.82) is 10.8 Å². The van der Waals surface area contributed by atoms with Crippen LogP contribution in [0.5, 0.6) is 0 Å². The average Bonchev–Trinajstić information content (AvgIpc) is 1.70. The van der Waals surface area contributed by atoms with Crippen molar-refractivity contribution in [2.24, 2.45) is 24.2 Å². The molecular formula is C77H103N27O15S. The number of amides is 14. The molecule has 120 heavy (non-hydrogen) atoms. The molecule has 7 aromatic rings. The van der Waals surface area contributed by atoms with Crippen molar-refractivity contribution in [1.82, 2.24) is 114 Å². The number of nitrogens with zero attached hydrogens (tertiary/aromatic N) is 5. The van der Waals surface area contributed by atoms with Crippen LogP contribution in [0.25, 0.3) is 10.9 Å². The van der Waals surface area contributed by atoms with E-state index in [-0.39, 0.29) is 95.1 Å². The van der Waals surface area contributed by atoms with Gasteiger partial charge in [-0.1, -0.05) is 85.8 Å². The summed E-state index contributed by atoms with van der Waals surface area (Å²) < 4.78 is 1.54. The number of thioether (sulfide) groups is 1. The highest BCUT2D eigenvalue weighted by molar-refractivity contribution is 8.00. The Kier molecular flexibility index (Phi) is 35.4. The van der Waals surface area contributed by atoms with Crippen LogP contribution in [0.2, 0.25) is 0 Å². The van der Waals surface area contributed by atoms with E-state index >= 15 is 19.2 Å². The van der Waals surface area contributed by atoms with Gasteiger partial charge in [-0.05, 0) is 54.9 Å². The molecule has 42 nitrogen and oxygen atoms in total. The minimum absolute atomic E-state index is 0.0164. The number of fused-ring (bicyclic) bond motifs is 1. The number of para-hydroxylation sites is 1. The molecule has 0 spiro atoms. The minimum atomic E-state index is -1.83. The first-order valence-corrected chi connectivity index (χ1v) is 39.7. The van der Waals surface area contributed by atoms with Gasteiger partial charge in [-0.3, -0.25) is 77.9 Å². The van der Waals surface area contributed by atoms with Gasteiger partial charge in [0.2, 0.25) is 82.7 Å². The Morgan fingerprint density at radius 2 is 1.02 bits per heavy atom. The van der Waals surface area contributed by atoms with Crippen molar-refractivity contribution >= 4 is 117 Å². The zero-order valence-corrected chi connectivity index (χ0v) is 67.1. The summed E-state index contributed by atoms with van der Waals surface area (Å²) >= 11 is 0.804. The number of likely N-dealkylation sites (N-methyl/N-ethyl adjacent to an activating group) is 1. The topological polar surface area (TPSA) is 648 Å². The van der Waals surface area contributed by atoms with E-state index in [2.05, 4.69) is 104 Å². The number of hydrogen-bond donors (Lipinski definition) is 23. The molecule has 4 aromatic heterocycles. The Bertz CT molecular complexity index is 4680. The number of carbonyl (C=O) groups is 14. The number of benzene rings is 3. The SMILES string of the molecule is CCC1NC(=O)C(Cc2ccccc2)NC(=O)CSCC(C(=O)NCC(N)=O)NC(=O)C(Cc2cncn2C)NC(=O)C(CCCNC(=N)N)NC(=O)C(Cc2c[nH]cn2)NC(=O)C(Cc2ccccc2)N(C)C(=O)C(CCCNC(=N)N)NC(=O)C(CO)NC(=O)CNC(=O)C(Cc2c[nH]cn2)NC(=O)C(Cc2c[nH]c3ccccc23)NC1=O. The number of aliphatic hydroxyl groups excluding tert-OH is 1. The van der Waals surface area contributed by atoms with Crippen LogP contribution in [0.1, 0.15) is 72.8 Å². The molecule has 8 rings (SSSR count). The van der Waals surface area contributed by atoms with Gasteiger partial charge in [-0.25, -0.2) is 15.0 Å². The van der Waals surface area contributed by atoms with E-state index in [0.717, 1.165) is 16.7 Å². The number of rotatable bonds is 25. The molecule has 1 aliphatic rings. The van der Waals surface area contributed by atoms with E-state index in [0.29, 0.717) is 33.3 Å². The number of nitrogens with two attached hydrogens (primary N) is 3. The molecule has 0 saturated carbocycles. The Labute approximate surface area is 693 Å². The molecule has 0 aliphatic carbocycles. The molecule has 3 aromatic carbocycles. The summed E-state index contributed by atoms with van der Waals surface area (Å²) in [5.41, 5.74) is 19.8. The van der Waals surface area contributed by atoms with Gasteiger partial charge in [-0.2, -0.15) is 0 Å². The maximum Gasteiger partial charge on any atom is 0.245 e. The summed E-state index contributed by atoms with van der Waals surface area (Å²) in [6.07, 6.45) is 7.88. The van der Waals surface area contributed by atoms with Crippen LogP contribution in [0.3, 0.4) is 0 Å². The third kappa shape index (κ3) is 28.9. The quantitative estimate of drug-likeness (QED) is 0.0144. The van der Waals surface area contributed by atoms with Crippen molar-refractivity contribution in [3.63, 3.8) is 0 Å². The van der Waals surface area contributed by atoms with Crippen molar-refractivity contribution in [2.45, 2.75) is 144 Å². The zero-order valence-electron chi connectivity index (χ0n) is 66.2. The fourth-order valence-corrected chi connectivity index (χ4v) is 13.8. The van der Waals surface area contributed by atoms with Crippen LogP contribution >= 0.6 is 11.8 Å². The number of aryl methyl sites for hydroxylation is 1. The maximum atomic E-state index is 15.3. The Hall–Kier alpha value is -13.7. The number of H-pyrrole nitrogens is 3. The van der Waals surface area contributed by atoms with E-state index in [1.807, 2.05) is 0 Å². The van der Waals surface area contributed by atoms with Crippen LogP contribution in [0, 0.1) is 10.8 Å². The number of imidazole rings is 3. The van der Waals surface area contributed by atoms with E-state index in [1.54, 1.807) is 110 Å². The number of aromatic amines is 3. The van der Waals surface area contributed by atoms with Crippen molar-refractivity contribution < 1.29 is 72.2 Å². The normalized spacial score (nSPS) is 21.9. The van der Waals surface area contributed by atoms with Crippen molar-refractivity contribution in [3.8, 4) is 0 Å². The molecule has 14 amide bonds. The maximum absolute atomic E-state index is 15.3. The summed E-state index contributed by atoms with van der Waals surface area (Å²) in [5.74, 6) is -15.1. The average molecular weight is 1680 g/mol. The predicted molar refractivity (Wildman–Crippen MR) is 438 cm³/mol. The molecule has 1 saturated heterocycles. The van der Waals surface area contributed by atoms with Crippen LogP contribution in [0.15, 0.2) is 129 Å². The summed E-state index contributed by atoms with van der Waals surface area (Å²) in [4.78, 5) is 226. The molecule has 43 heteroatoms. The van der Waals surface area contributed by atoms with Crippen LogP contribution < -0.4 is 91.6 Å². The Morgan fingerprint density at radius 1 is 0.533 bits per heavy atom. The first kappa shape index (κ1) is 91.8. The van der Waals surface area contributed by atoms with Crippen LogP contribution in [-0.2, 0) is 113 Å². The highest BCUT2D eigenvalue weighted by Crippen LogP contribution is 2.21. The van der Waals surface area contributed by atoms with E-state index < -0.39 is 192 Å². The van der Waals surface area contributed by atoms with Gasteiger partial charge in [0.1, 0.15) is 66.5 Å². The van der Waals surface area contributed by atoms with Gasteiger partial charge in [0.15, 0.2) is 11.9 Å². The summed E-state index contributed by atoms with van der Waals surface area (Å²) in [5, 5.41) is 63.6. The second kappa shape index (κ2) is 46.3. The number of nitrogens with one attached hydrogen (secondary N) is 19. The standard InChI is InChI=1S/C77H103N27O15S/c1-4-50-67(111)98-55(27-45-31-88-51-20-12-11-19-49(45)51)70(114)99-56(28-46-32-83-40-91-46)65(109)90-36-63(107)94-59(37-105)73(117)97-53(22-14-24-87-77(81)82)75(119)104(3)61(26-44-17-9-6-10-18-44)74(118)101-57(29-47-33-84-41-92-47)71(115)96-52(21-13-23-86-76(79)80)68(112)100-58(30-48-34-85-42-103(48)2)72(116)102-60(66(110)89-35-62(78)106)38-120-39-64(108)93-54(69(113)95-50)25-43-15-7-5-8-16-43/h5-12,15-20,31-34,40-42,50,52-61,88,105H,4,13-14,21-30,35-39H2,1-3H3,(H2,78,106)(H,83,91)(H,84,92)(H,89,110)(H,90,109)(H,93,108)(H,94,107)(H,95,113)(H,96,115)(H,97,117)(H,98,111)(H,99,114)(H,100,112)(H,101,118)(H,102,116)(H4,79,80,86)(H4,81,82,87). The van der Waals surface area contributed by atoms with Gasteiger partial charge in [0.05, 0.1) is 55.8 Å². The summed E-state index contributed by atoms with van der Waals surface area (Å²) in [6, 6.07) is 6.71. The highest BCUT2D eigenvalue weighted by atomic mass is 32.2. The number of aliphatic hydroxyl groups is 1. The molecule has 26 N–H and O–H groups in total. The fraction of sp³-hybridized carbons (Fsp3) is 0.416. The molecule has 11 unspecified atom stereocenters. The Balaban J connectivity index is 1.18. The first-order chi connectivity index (χ1) is 57.6. The molecular weight excluding hydrogens is 1580 g/mol. The number of guanidine groups is 2. The molecule has 0 radical (unpaired) electrons. The first-order valence-electron chi connectivity index (χ1n) is 38.6. The smallest absolute Gasteiger partial charge is 0.245 e. The van der Waals surface area contributed by atoms with E-state index in [4.69, 9.17) is 28.0 Å². The Morgan fingerprint density at radius 3 is 1.59 bits per heavy atom. The lowest BCUT2D eigenvalue weighted by Gasteiger charge is -2.33. The lowest BCUT2D eigenvalue weighted by atomic mass is 10.0. The zero-order chi connectivity index (χ0) is 86.8. The van der Waals surface area contributed by atoms with E-state index in [9.17, 15) is 53.1 Å². The molecule has 0 bridgehead atoms. The second-order valence-corrected chi connectivity index (χ2v) is 29.4. The van der Waals surface area contributed by atoms with Gasteiger partial charge < -0.3 is 121 Å². The van der Waals surface area contributed by atoms with Crippen LogP contribution in [0.4, 0.5) is 0 Å². The van der Waals surface area contributed by atoms with Crippen molar-refractivity contribution in [3.05, 3.63) is 162 Å². The van der Waals surface area contributed by atoms with E-state index in [1.165, 1.54) is 44.6 Å². The lowest BCUT2D eigenvalue weighted by Crippen LogP contribution is -2.61. The largest absolute Gasteiger partial charge is 0.394 e. The van der Waals surface area contributed by atoms with Crippen LogP contribution in [-0.4, -0.2) is 257 Å². The molecule has 5 heterocycles. The summed E-state index contributed by atoms with van der Waals surface area (Å²) in [6.45, 7) is -1.13. The number of hydrogen-bond acceptors (Lipinski definition) is 21. The fourth-order valence-electron chi connectivity index (χ4n) is 12.9. The summed E-state index contributed by atoms with van der Waals surface area (Å²) in [7, 11) is 2.86. The molecule has 1 fully saturated rings. The van der Waals surface area contributed by atoms with Gasteiger partial charge >= 0.3 is 0 Å². The van der Waals surface area contributed by atoms with Gasteiger partial charge in [-0.15, -0.1) is 11.8 Å². The predicted octanol–water partition coefficient (Wildman–Crippen LogP) is -5.83. The third-order valence-corrected chi connectivity index (χ3v) is 20.4. The second-order valence-electron chi connectivity index (χ2n) is 28.3.